The smallest absolute Gasteiger partial charge is 0.243 e. The van der Waals surface area contributed by atoms with E-state index >= 15 is 0 Å². The maximum atomic E-state index is 12.1. The molecule has 1 aliphatic heterocycles. The summed E-state index contributed by atoms with van der Waals surface area (Å²) in [5.74, 6) is 0.413. The van der Waals surface area contributed by atoms with Crippen molar-refractivity contribution in [2.45, 2.75) is 44.6 Å². The topological polar surface area (TPSA) is 58.6 Å². The van der Waals surface area contributed by atoms with Gasteiger partial charge in [-0.15, -0.1) is 0 Å². The molecule has 2 fully saturated rings. The molecule has 2 amide bonds. The average Bonchev–Trinajstić information content (AvgIpc) is 2.44. The first-order chi connectivity index (χ1) is 9.24. The van der Waals surface area contributed by atoms with E-state index in [0.29, 0.717) is 19.1 Å². The summed E-state index contributed by atoms with van der Waals surface area (Å²) < 4.78 is 5.04. The van der Waals surface area contributed by atoms with E-state index in [0.717, 1.165) is 19.3 Å². The molecule has 0 radical (unpaired) electrons. The Morgan fingerprint density at radius 1 is 1.26 bits per heavy atom. The Hall–Kier alpha value is -1.10. The van der Waals surface area contributed by atoms with Crippen LogP contribution in [-0.4, -0.2) is 49.6 Å². The van der Waals surface area contributed by atoms with Crippen LogP contribution in [0.15, 0.2) is 0 Å². The van der Waals surface area contributed by atoms with Crippen molar-refractivity contribution in [3.63, 3.8) is 0 Å². The third-order valence-electron chi connectivity index (χ3n) is 4.18. The van der Waals surface area contributed by atoms with E-state index in [2.05, 4.69) is 5.32 Å². The number of ether oxygens (including phenoxy) is 1. The van der Waals surface area contributed by atoms with Gasteiger partial charge < -0.3 is 15.0 Å². The summed E-state index contributed by atoms with van der Waals surface area (Å²) in [4.78, 5) is 26.0. The number of rotatable bonds is 5. The molecule has 1 N–H and O–H groups in total. The van der Waals surface area contributed by atoms with Gasteiger partial charge in [0.25, 0.3) is 0 Å². The Balaban J connectivity index is 2.03. The maximum absolute atomic E-state index is 12.1. The molecule has 1 heterocycles. The van der Waals surface area contributed by atoms with Crippen molar-refractivity contribution in [2.75, 3.05) is 26.8 Å². The van der Waals surface area contributed by atoms with Crippen LogP contribution in [-0.2, 0) is 14.3 Å². The highest BCUT2D eigenvalue weighted by Crippen LogP contribution is 2.30. The molecule has 1 saturated carbocycles. The summed E-state index contributed by atoms with van der Waals surface area (Å²) in [6.07, 6.45) is 6.52. The van der Waals surface area contributed by atoms with Crippen LogP contribution in [0.25, 0.3) is 0 Å². The monoisotopic (exact) mass is 268 g/mol. The van der Waals surface area contributed by atoms with E-state index in [4.69, 9.17) is 4.74 Å². The molecule has 2 rings (SSSR count). The third-order valence-corrected chi connectivity index (χ3v) is 4.18. The summed E-state index contributed by atoms with van der Waals surface area (Å²) in [6.45, 7) is 1.40. The van der Waals surface area contributed by atoms with Gasteiger partial charge in [0.1, 0.15) is 6.04 Å². The summed E-state index contributed by atoms with van der Waals surface area (Å²) >= 11 is 0. The first kappa shape index (κ1) is 14.3. The molecular weight excluding hydrogens is 244 g/mol. The minimum Gasteiger partial charge on any atom is -0.385 e. The van der Waals surface area contributed by atoms with E-state index in [9.17, 15) is 9.59 Å². The summed E-state index contributed by atoms with van der Waals surface area (Å²) in [5, 5.41) is 2.74. The number of carbonyl (C=O) groups excluding carboxylic acids is 2. The standard InChI is InChI=1S/C14H24N2O3/c1-19-9-5-8-16-12(17)10-15-14(18)13(16)11-6-3-2-4-7-11/h11,13H,2-10H2,1H3,(H,15,18). The number of piperazine rings is 1. The number of hydrogen-bond acceptors (Lipinski definition) is 3. The lowest BCUT2D eigenvalue weighted by molar-refractivity contribution is -0.148. The molecule has 108 valence electrons. The zero-order valence-electron chi connectivity index (χ0n) is 11.7. The minimum absolute atomic E-state index is 0.0314. The largest absolute Gasteiger partial charge is 0.385 e. The number of nitrogens with one attached hydrogen (secondary N) is 1. The molecule has 0 aromatic heterocycles. The molecule has 1 saturated heterocycles. The Labute approximate surface area is 114 Å². The van der Waals surface area contributed by atoms with Crippen molar-refractivity contribution in [2.24, 2.45) is 5.92 Å². The predicted octanol–water partition coefficient (Wildman–Crippen LogP) is 0.930. The Kier molecular flexibility index (Phi) is 5.19. The summed E-state index contributed by atoms with van der Waals surface area (Å²) in [6, 6.07) is -0.251. The quantitative estimate of drug-likeness (QED) is 0.755. The van der Waals surface area contributed by atoms with Crippen molar-refractivity contribution in [3.05, 3.63) is 0 Å². The predicted molar refractivity (Wildman–Crippen MR) is 71.6 cm³/mol. The first-order valence-electron chi connectivity index (χ1n) is 7.30. The van der Waals surface area contributed by atoms with E-state index in [1.54, 1.807) is 12.0 Å². The number of amides is 2. The van der Waals surface area contributed by atoms with Crippen molar-refractivity contribution >= 4 is 11.8 Å². The molecule has 1 atom stereocenters. The van der Waals surface area contributed by atoms with E-state index in [-0.39, 0.29) is 24.4 Å². The second-order valence-electron chi connectivity index (χ2n) is 5.49. The molecule has 19 heavy (non-hydrogen) atoms. The highest BCUT2D eigenvalue weighted by Gasteiger charge is 2.39. The number of hydrogen-bond donors (Lipinski definition) is 1. The van der Waals surface area contributed by atoms with Crippen molar-refractivity contribution in [1.82, 2.24) is 10.2 Å². The van der Waals surface area contributed by atoms with Gasteiger partial charge in [-0.25, -0.2) is 0 Å². The molecule has 1 aliphatic carbocycles. The second kappa shape index (κ2) is 6.89. The highest BCUT2D eigenvalue weighted by molar-refractivity contribution is 5.95. The number of nitrogens with zero attached hydrogens (tertiary/aromatic N) is 1. The minimum atomic E-state index is -0.251. The normalized spacial score (nSPS) is 25.5. The van der Waals surface area contributed by atoms with Crippen LogP contribution < -0.4 is 5.32 Å². The number of carbonyl (C=O) groups is 2. The van der Waals surface area contributed by atoms with Crippen LogP contribution in [0.3, 0.4) is 0 Å². The molecule has 0 bridgehead atoms. The highest BCUT2D eigenvalue weighted by atomic mass is 16.5. The van der Waals surface area contributed by atoms with Gasteiger partial charge >= 0.3 is 0 Å². The van der Waals surface area contributed by atoms with Crippen LogP contribution in [0.4, 0.5) is 0 Å². The van der Waals surface area contributed by atoms with Crippen LogP contribution >= 0.6 is 0 Å². The molecule has 5 nitrogen and oxygen atoms in total. The summed E-state index contributed by atoms with van der Waals surface area (Å²) in [7, 11) is 1.66. The van der Waals surface area contributed by atoms with Crippen molar-refractivity contribution in [3.8, 4) is 0 Å². The Morgan fingerprint density at radius 3 is 2.68 bits per heavy atom. The second-order valence-corrected chi connectivity index (χ2v) is 5.49. The molecule has 0 spiro atoms. The third kappa shape index (κ3) is 3.47. The van der Waals surface area contributed by atoms with Gasteiger partial charge in [-0.2, -0.15) is 0 Å². The van der Waals surface area contributed by atoms with Gasteiger partial charge in [-0.05, 0) is 25.2 Å². The lowest BCUT2D eigenvalue weighted by atomic mass is 9.82. The zero-order valence-corrected chi connectivity index (χ0v) is 11.7. The molecule has 0 aromatic carbocycles. The van der Waals surface area contributed by atoms with Crippen molar-refractivity contribution < 1.29 is 14.3 Å². The Bertz CT molecular complexity index is 327. The molecule has 0 aromatic rings. The first-order valence-corrected chi connectivity index (χ1v) is 7.30. The van der Waals surface area contributed by atoms with Gasteiger partial charge in [0, 0.05) is 20.3 Å². The van der Waals surface area contributed by atoms with Crippen LogP contribution in [0.2, 0.25) is 0 Å². The fraction of sp³-hybridized carbons (Fsp3) is 0.857. The summed E-state index contributed by atoms with van der Waals surface area (Å²) in [5.41, 5.74) is 0. The van der Waals surface area contributed by atoms with E-state index in [1.807, 2.05) is 0 Å². The maximum Gasteiger partial charge on any atom is 0.243 e. The van der Waals surface area contributed by atoms with Crippen LogP contribution in [0.5, 0.6) is 0 Å². The zero-order chi connectivity index (χ0) is 13.7. The number of methoxy groups -OCH3 is 1. The SMILES string of the molecule is COCCCN1C(=O)CNC(=O)C1C1CCCCC1. The van der Waals surface area contributed by atoms with Gasteiger partial charge in [0.05, 0.1) is 6.54 Å². The van der Waals surface area contributed by atoms with Gasteiger partial charge in [0.2, 0.25) is 11.8 Å². The van der Waals surface area contributed by atoms with Gasteiger partial charge in [-0.1, -0.05) is 19.3 Å². The van der Waals surface area contributed by atoms with E-state index < -0.39 is 0 Å². The van der Waals surface area contributed by atoms with Crippen LogP contribution in [0.1, 0.15) is 38.5 Å². The van der Waals surface area contributed by atoms with E-state index in [1.165, 1.54) is 19.3 Å². The molecule has 1 unspecified atom stereocenters. The Morgan fingerprint density at radius 2 is 2.00 bits per heavy atom. The fourth-order valence-electron chi connectivity index (χ4n) is 3.23. The lowest BCUT2D eigenvalue weighted by Crippen LogP contribution is -2.61. The fourth-order valence-corrected chi connectivity index (χ4v) is 3.23. The van der Waals surface area contributed by atoms with Gasteiger partial charge in [-0.3, -0.25) is 9.59 Å². The van der Waals surface area contributed by atoms with Gasteiger partial charge in [0.15, 0.2) is 0 Å². The van der Waals surface area contributed by atoms with Crippen LogP contribution in [0, 0.1) is 5.92 Å². The molecule has 5 heteroatoms. The average molecular weight is 268 g/mol. The molecular formula is C14H24N2O3. The van der Waals surface area contributed by atoms with Crippen molar-refractivity contribution in [1.29, 1.82) is 0 Å². The molecule has 2 aliphatic rings. The lowest BCUT2D eigenvalue weighted by Gasteiger charge is -2.40.